The molecule has 81 heavy (non-hydrogen) atoms. The standard InChI is InChI=1S/C67H66N8O6/c1-4-36-80-66(78)72-60(50-14-8-6-9-15-50)64(76)74-34-12-18-58(74)62-68-41-56(70-62)48-29-24-46(25-30-48)54-39-44-20-22-45-28-33-52(43(3)38-53(54)23-21-44)40-55(45)47-26-31-49(32-27-47)57-42-69-63(71-57)59-19-13-35-75(59)65(77)61(51-16-10-7-11-17-51)73-67(79)81-37-5-2/h4-11,14-17,21,23-33,39-43,58-61H,1-2,12-13,18-20,22,34-38H2,3H3,(H,68,70)(H,69,71)(H,72,78)(H,73,79)/t43-,58+,59+,60+,61+/m1/s1. The Morgan fingerprint density at radius 1 is 0.593 bits per heavy atom. The van der Waals surface area contributed by atoms with Crippen molar-refractivity contribution in [2.45, 2.75) is 82.0 Å². The first kappa shape index (κ1) is 53.7. The lowest BCUT2D eigenvalue weighted by atomic mass is 9.84. The predicted molar refractivity (Wildman–Crippen MR) is 314 cm³/mol. The van der Waals surface area contributed by atoms with E-state index in [0.29, 0.717) is 35.9 Å². The Kier molecular flexibility index (Phi) is 16.2. The number of imidazole rings is 2. The highest BCUT2D eigenvalue weighted by Gasteiger charge is 2.39. The number of aryl methyl sites for hydroxylation is 2. The van der Waals surface area contributed by atoms with Crippen LogP contribution in [0.3, 0.4) is 0 Å². The molecule has 410 valence electrons. The van der Waals surface area contributed by atoms with Gasteiger partial charge in [-0.2, -0.15) is 0 Å². The molecule has 6 aliphatic rings. The lowest BCUT2D eigenvalue weighted by molar-refractivity contribution is -0.135. The minimum absolute atomic E-state index is 0.0382. The number of benzene rings is 6. The predicted octanol–water partition coefficient (Wildman–Crippen LogP) is 12.9. The van der Waals surface area contributed by atoms with E-state index < -0.39 is 24.3 Å². The molecule has 2 saturated heterocycles. The number of alkyl carbamates (subject to hydrolysis) is 2. The van der Waals surface area contributed by atoms with Crippen LogP contribution < -0.4 is 10.6 Å². The number of carbonyl (C=O) groups is 4. The number of carbonyl (C=O) groups excluding carboxylic acids is 4. The molecule has 0 unspecified atom stereocenters. The Labute approximate surface area is 472 Å². The number of aromatic nitrogens is 4. The highest BCUT2D eigenvalue weighted by atomic mass is 16.6. The maximum absolute atomic E-state index is 14.2. The van der Waals surface area contributed by atoms with Crippen LogP contribution in [0.4, 0.5) is 9.59 Å². The van der Waals surface area contributed by atoms with Gasteiger partial charge in [-0.25, -0.2) is 19.6 Å². The summed E-state index contributed by atoms with van der Waals surface area (Å²) < 4.78 is 10.4. The van der Waals surface area contributed by atoms with Crippen molar-refractivity contribution in [1.82, 2.24) is 40.4 Å². The first-order chi connectivity index (χ1) is 39.6. The summed E-state index contributed by atoms with van der Waals surface area (Å²) in [4.78, 5) is 74.2. The van der Waals surface area contributed by atoms with Gasteiger partial charge in [0.05, 0.1) is 35.9 Å². The van der Waals surface area contributed by atoms with Crippen LogP contribution in [-0.2, 0) is 38.3 Å². The molecule has 2 fully saturated rings. The monoisotopic (exact) mass is 1080 g/mol. The largest absolute Gasteiger partial charge is 0.445 e. The van der Waals surface area contributed by atoms with Crippen molar-refractivity contribution in [3.05, 3.63) is 228 Å². The Bertz CT molecular complexity index is 3560. The summed E-state index contributed by atoms with van der Waals surface area (Å²) in [6.45, 7) is 10.7. The minimum atomic E-state index is -0.917. The highest BCUT2D eigenvalue weighted by Crippen LogP contribution is 2.39. The van der Waals surface area contributed by atoms with Crippen molar-refractivity contribution in [3.63, 3.8) is 0 Å². The van der Waals surface area contributed by atoms with E-state index in [1.54, 1.807) is 0 Å². The van der Waals surface area contributed by atoms with E-state index in [1.807, 2.05) is 82.9 Å². The Morgan fingerprint density at radius 3 is 1.56 bits per heavy atom. The molecule has 2 aliphatic heterocycles. The molecule has 14 heteroatoms. The number of amides is 4. The maximum Gasteiger partial charge on any atom is 0.408 e. The van der Waals surface area contributed by atoms with Crippen LogP contribution >= 0.6 is 0 Å². The van der Waals surface area contributed by atoms with Crippen molar-refractivity contribution >= 4 is 24.0 Å². The van der Waals surface area contributed by atoms with Crippen LogP contribution in [0.15, 0.2) is 183 Å². The molecule has 0 radical (unpaired) electrons. The molecule has 4 N–H and O–H groups in total. The Morgan fingerprint density at radius 2 is 1.06 bits per heavy atom. The lowest BCUT2D eigenvalue weighted by Crippen LogP contribution is -2.43. The number of ether oxygens (including phenoxy) is 2. The van der Waals surface area contributed by atoms with Gasteiger partial charge < -0.3 is 39.9 Å². The summed E-state index contributed by atoms with van der Waals surface area (Å²) in [7, 11) is 0. The second-order valence-corrected chi connectivity index (χ2v) is 21.2. The molecule has 8 aromatic rings. The third-order valence-corrected chi connectivity index (χ3v) is 15.9. The van der Waals surface area contributed by atoms with Gasteiger partial charge >= 0.3 is 12.2 Å². The molecule has 5 atom stereocenters. The fourth-order valence-corrected chi connectivity index (χ4v) is 11.7. The molecule has 14 nitrogen and oxygen atoms in total. The Balaban J connectivity index is 0.766. The molecule has 4 aliphatic carbocycles. The van der Waals surface area contributed by atoms with E-state index in [2.05, 4.69) is 126 Å². The third-order valence-electron chi connectivity index (χ3n) is 15.9. The van der Waals surface area contributed by atoms with Gasteiger partial charge in [0.1, 0.15) is 36.9 Å². The fraction of sp³-hybridized carbons (Fsp3) is 0.254. The summed E-state index contributed by atoms with van der Waals surface area (Å²) in [5.74, 6) is 1.23. The second-order valence-electron chi connectivity index (χ2n) is 21.2. The van der Waals surface area contributed by atoms with Crippen molar-refractivity contribution in [2.24, 2.45) is 0 Å². The number of aromatic amines is 2. The highest BCUT2D eigenvalue weighted by molar-refractivity contribution is 5.88. The van der Waals surface area contributed by atoms with Gasteiger partial charge in [-0.3, -0.25) is 9.59 Å². The van der Waals surface area contributed by atoms with Crippen LogP contribution in [-0.4, -0.2) is 80.0 Å². The van der Waals surface area contributed by atoms with Crippen LogP contribution in [0.1, 0.15) is 108 Å². The van der Waals surface area contributed by atoms with Crippen molar-refractivity contribution in [1.29, 1.82) is 0 Å². The zero-order valence-corrected chi connectivity index (χ0v) is 45.5. The molecule has 4 bridgehead atoms. The van der Waals surface area contributed by atoms with Crippen LogP contribution in [0.5, 0.6) is 0 Å². The molecular formula is C67H66N8O6. The van der Waals surface area contributed by atoms with E-state index in [9.17, 15) is 19.2 Å². The molecule has 4 amide bonds. The number of hydrogen-bond donors (Lipinski definition) is 4. The normalized spacial score (nSPS) is 17.4. The maximum atomic E-state index is 14.2. The van der Waals surface area contributed by atoms with Crippen LogP contribution in [0, 0.1) is 0 Å². The van der Waals surface area contributed by atoms with E-state index in [-0.39, 0.29) is 43.0 Å². The van der Waals surface area contributed by atoms with Crippen molar-refractivity contribution in [3.8, 4) is 44.8 Å². The van der Waals surface area contributed by atoms with E-state index >= 15 is 0 Å². The van der Waals surface area contributed by atoms with Gasteiger partial charge in [-0.05, 0) is 118 Å². The second kappa shape index (κ2) is 24.4. The van der Waals surface area contributed by atoms with Gasteiger partial charge in [-0.1, -0.05) is 178 Å². The van der Waals surface area contributed by atoms with Gasteiger partial charge in [-0.15, -0.1) is 0 Å². The number of rotatable bonds is 16. The number of likely N-dealkylation sites (tertiary alicyclic amines) is 2. The number of hydrogen-bond acceptors (Lipinski definition) is 8. The van der Waals surface area contributed by atoms with Crippen LogP contribution in [0.2, 0.25) is 0 Å². The van der Waals surface area contributed by atoms with Gasteiger partial charge in [0, 0.05) is 13.1 Å². The molecule has 0 spiro atoms. The minimum Gasteiger partial charge on any atom is -0.445 e. The van der Waals surface area contributed by atoms with Crippen molar-refractivity contribution in [2.75, 3.05) is 26.3 Å². The average Bonchev–Trinajstić information content (AvgIpc) is 4.41. The Hall–Kier alpha value is -9.30. The van der Waals surface area contributed by atoms with E-state index in [4.69, 9.17) is 19.4 Å². The molecular weight excluding hydrogens is 1010 g/mol. The van der Waals surface area contributed by atoms with Crippen LogP contribution in [0.25, 0.3) is 44.8 Å². The first-order valence-electron chi connectivity index (χ1n) is 28.0. The molecule has 14 rings (SSSR count). The number of H-pyrrole nitrogens is 2. The number of nitrogens with zero attached hydrogens (tertiary/aromatic N) is 4. The molecule has 2 aromatic heterocycles. The van der Waals surface area contributed by atoms with E-state index in [1.165, 1.54) is 45.5 Å². The van der Waals surface area contributed by atoms with Gasteiger partial charge in [0.2, 0.25) is 0 Å². The summed E-state index contributed by atoms with van der Waals surface area (Å²) in [6, 6.07) is 47.4. The summed E-state index contributed by atoms with van der Waals surface area (Å²) in [5.41, 5.74) is 15.0. The van der Waals surface area contributed by atoms with Gasteiger partial charge in [0.25, 0.3) is 11.8 Å². The van der Waals surface area contributed by atoms with Crippen molar-refractivity contribution < 1.29 is 28.7 Å². The SMILES string of the molecule is C=CCOC(=O)N[C@H](C(=O)N1CCC[C@H]1c1ncc(-c2ccc(-c3cc4ccc3CCc3ccc(c(-c5ccc(-c6cnc([C@@H]7CCCN7C(=O)[C@@H](NC(=O)OCC=C)c7ccccc7)[nH]6)cc5)c3)C[C@H]4C)cc2)[nH]1)c1ccccc1. The molecule has 0 saturated carbocycles. The van der Waals surface area contributed by atoms with E-state index in [0.717, 1.165) is 78.6 Å². The summed E-state index contributed by atoms with van der Waals surface area (Å²) in [5, 5.41) is 5.57. The average molecular weight is 1080 g/mol. The quantitative estimate of drug-likeness (QED) is 0.0692. The third kappa shape index (κ3) is 11.9. The molecule has 6 aromatic carbocycles. The first-order valence-corrected chi connectivity index (χ1v) is 28.0. The topological polar surface area (TPSA) is 175 Å². The zero-order chi connectivity index (χ0) is 55.8. The van der Waals surface area contributed by atoms with Gasteiger partial charge in [0.15, 0.2) is 0 Å². The summed E-state index contributed by atoms with van der Waals surface area (Å²) in [6.07, 6.45) is 11.0. The number of nitrogens with one attached hydrogen (secondary N) is 4. The fourth-order valence-electron chi connectivity index (χ4n) is 11.7. The molecule has 4 heterocycles. The zero-order valence-electron chi connectivity index (χ0n) is 45.5. The lowest BCUT2D eigenvalue weighted by Gasteiger charge is -2.28. The summed E-state index contributed by atoms with van der Waals surface area (Å²) >= 11 is 0. The smallest absolute Gasteiger partial charge is 0.408 e.